The third kappa shape index (κ3) is 5.56. The number of benzene rings is 8. The minimum Gasteiger partial charge on any atom is -0.455 e. The van der Waals surface area contributed by atoms with Gasteiger partial charge in [-0.1, -0.05) is 146 Å². The standard InChI is InChI=1S/C51H31N3OS/c1-4-14-32(15-5-1)36-28-37(33-16-6-2-7-17-33)30-38(29-36)50-52-49(34-18-8-3-9-19-34)53-51(54-50)43-23-12-22-42-47-39(21-13-24-44(47)55-48(42)43)35-26-27-41-40-20-10-11-25-45(40)56-46(41)31-35/h1-31H. The minimum absolute atomic E-state index is 0.554. The van der Waals surface area contributed by atoms with Gasteiger partial charge in [0.15, 0.2) is 17.5 Å². The van der Waals surface area contributed by atoms with E-state index in [1.807, 2.05) is 53.8 Å². The molecule has 3 aromatic heterocycles. The summed E-state index contributed by atoms with van der Waals surface area (Å²) in [4.78, 5) is 15.5. The molecule has 0 bridgehead atoms. The van der Waals surface area contributed by atoms with Crippen molar-refractivity contribution in [3.8, 4) is 67.5 Å². The fourth-order valence-electron chi connectivity index (χ4n) is 7.85. The van der Waals surface area contributed by atoms with Gasteiger partial charge in [0.1, 0.15) is 11.2 Å². The highest BCUT2D eigenvalue weighted by molar-refractivity contribution is 7.25. The summed E-state index contributed by atoms with van der Waals surface area (Å²) in [5, 5.41) is 4.67. The number of thiophene rings is 1. The molecule has 3 heterocycles. The summed E-state index contributed by atoms with van der Waals surface area (Å²) in [6.45, 7) is 0. The van der Waals surface area contributed by atoms with Crippen molar-refractivity contribution in [3.63, 3.8) is 0 Å². The lowest BCUT2D eigenvalue weighted by molar-refractivity contribution is 0.669. The second-order valence-corrected chi connectivity index (χ2v) is 15.1. The molecule has 0 aliphatic heterocycles. The van der Waals surface area contributed by atoms with Crippen LogP contribution in [0.3, 0.4) is 0 Å². The van der Waals surface area contributed by atoms with E-state index in [-0.39, 0.29) is 0 Å². The van der Waals surface area contributed by atoms with Crippen LogP contribution in [0.15, 0.2) is 192 Å². The molecular weight excluding hydrogens is 703 g/mol. The molecule has 0 saturated carbocycles. The number of aromatic nitrogens is 3. The first-order chi connectivity index (χ1) is 27.7. The Bertz CT molecular complexity index is 3180. The summed E-state index contributed by atoms with van der Waals surface area (Å²) < 4.78 is 9.35. The van der Waals surface area contributed by atoms with Crippen LogP contribution >= 0.6 is 11.3 Å². The van der Waals surface area contributed by atoms with Gasteiger partial charge >= 0.3 is 0 Å². The van der Waals surface area contributed by atoms with Crippen molar-refractivity contribution >= 4 is 53.4 Å². The van der Waals surface area contributed by atoms with Crippen LogP contribution in [0, 0.1) is 0 Å². The Morgan fingerprint density at radius 2 is 0.893 bits per heavy atom. The van der Waals surface area contributed by atoms with Crippen molar-refractivity contribution in [2.45, 2.75) is 0 Å². The number of furan rings is 1. The molecule has 0 saturated heterocycles. The van der Waals surface area contributed by atoms with E-state index < -0.39 is 0 Å². The van der Waals surface area contributed by atoms with E-state index in [1.165, 1.54) is 20.2 Å². The van der Waals surface area contributed by atoms with Gasteiger partial charge in [-0.3, -0.25) is 0 Å². The van der Waals surface area contributed by atoms with Crippen LogP contribution in [0.25, 0.3) is 110 Å². The molecule has 8 aromatic carbocycles. The second kappa shape index (κ2) is 13.3. The maximum absolute atomic E-state index is 6.78. The smallest absolute Gasteiger partial charge is 0.167 e. The molecule has 5 heteroatoms. The normalized spacial score (nSPS) is 11.6. The monoisotopic (exact) mass is 733 g/mol. The highest BCUT2D eigenvalue weighted by Gasteiger charge is 2.20. The average Bonchev–Trinajstić information content (AvgIpc) is 3.85. The number of nitrogens with zero attached hydrogens (tertiary/aromatic N) is 3. The largest absolute Gasteiger partial charge is 0.455 e. The summed E-state index contributed by atoms with van der Waals surface area (Å²) >= 11 is 1.83. The molecule has 0 spiro atoms. The van der Waals surface area contributed by atoms with Gasteiger partial charge in [-0.2, -0.15) is 0 Å². The Labute approximate surface area is 327 Å². The van der Waals surface area contributed by atoms with E-state index >= 15 is 0 Å². The predicted molar refractivity (Wildman–Crippen MR) is 233 cm³/mol. The fourth-order valence-corrected chi connectivity index (χ4v) is 9.00. The molecule has 262 valence electrons. The number of hydrogen-bond donors (Lipinski definition) is 0. The van der Waals surface area contributed by atoms with Crippen LogP contribution in [0.5, 0.6) is 0 Å². The summed E-state index contributed by atoms with van der Waals surface area (Å²) in [5.74, 6) is 1.75. The SMILES string of the molecule is c1ccc(-c2cc(-c3ccccc3)cc(-c3nc(-c4ccccc4)nc(-c4cccc5c4oc4cccc(-c6ccc7c(c6)sc6ccccc67)c45)n3)c2)cc1. The second-order valence-electron chi connectivity index (χ2n) is 14.0. The third-order valence-electron chi connectivity index (χ3n) is 10.5. The first kappa shape index (κ1) is 32.2. The molecule has 0 fully saturated rings. The van der Waals surface area contributed by atoms with Crippen LogP contribution in [0.4, 0.5) is 0 Å². The van der Waals surface area contributed by atoms with Crippen molar-refractivity contribution in [2.75, 3.05) is 0 Å². The van der Waals surface area contributed by atoms with Crippen LogP contribution in [-0.4, -0.2) is 15.0 Å². The van der Waals surface area contributed by atoms with Gasteiger partial charge < -0.3 is 4.42 Å². The Morgan fingerprint density at radius 3 is 1.62 bits per heavy atom. The number of para-hydroxylation sites is 1. The zero-order chi connectivity index (χ0) is 37.0. The number of rotatable bonds is 6. The van der Waals surface area contributed by atoms with Crippen molar-refractivity contribution in [2.24, 2.45) is 0 Å². The lowest BCUT2D eigenvalue weighted by Gasteiger charge is -2.12. The molecule has 0 radical (unpaired) electrons. The lowest BCUT2D eigenvalue weighted by Crippen LogP contribution is -2.00. The molecule has 4 nitrogen and oxygen atoms in total. The van der Waals surface area contributed by atoms with Gasteiger partial charge in [-0.25, -0.2) is 15.0 Å². The summed E-state index contributed by atoms with van der Waals surface area (Å²) in [5.41, 5.74) is 10.9. The zero-order valence-electron chi connectivity index (χ0n) is 30.1. The van der Waals surface area contributed by atoms with E-state index in [2.05, 4.69) is 146 Å². The van der Waals surface area contributed by atoms with Crippen molar-refractivity contribution < 1.29 is 4.42 Å². The van der Waals surface area contributed by atoms with E-state index in [0.717, 1.165) is 72.0 Å². The maximum Gasteiger partial charge on any atom is 0.167 e. The Morgan fingerprint density at radius 1 is 0.339 bits per heavy atom. The average molecular weight is 734 g/mol. The molecule has 0 aliphatic rings. The highest BCUT2D eigenvalue weighted by Crippen LogP contribution is 2.43. The molecule has 0 N–H and O–H groups in total. The topological polar surface area (TPSA) is 51.8 Å². The Balaban J connectivity index is 1.11. The minimum atomic E-state index is 0.554. The fraction of sp³-hybridized carbons (Fsp3) is 0. The van der Waals surface area contributed by atoms with Gasteiger partial charge in [0.2, 0.25) is 0 Å². The van der Waals surface area contributed by atoms with E-state index in [0.29, 0.717) is 17.5 Å². The van der Waals surface area contributed by atoms with E-state index in [9.17, 15) is 0 Å². The molecule has 0 atom stereocenters. The predicted octanol–water partition coefficient (Wildman–Crippen LogP) is 14.1. The summed E-state index contributed by atoms with van der Waals surface area (Å²) in [6.07, 6.45) is 0. The lowest BCUT2D eigenvalue weighted by atomic mass is 9.96. The van der Waals surface area contributed by atoms with Gasteiger partial charge in [-0.15, -0.1) is 11.3 Å². The highest BCUT2D eigenvalue weighted by atomic mass is 32.1. The van der Waals surface area contributed by atoms with Gasteiger partial charge in [0.25, 0.3) is 0 Å². The first-order valence-electron chi connectivity index (χ1n) is 18.7. The molecule has 11 rings (SSSR count). The van der Waals surface area contributed by atoms with Crippen molar-refractivity contribution in [1.29, 1.82) is 0 Å². The van der Waals surface area contributed by atoms with Crippen LogP contribution in [0.2, 0.25) is 0 Å². The summed E-state index contributed by atoms with van der Waals surface area (Å²) in [6, 6.07) is 65.6. The van der Waals surface area contributed by atoms with Crippen molar-refractivity contribution in [1.82, 2.24) is 15.0 Å². The number of fused-ring (bicyclic) bond motifs is 6. The quantitative estimate of drug-likeness (QED) is 0.171. The molecule has 56 heavy (non-hydrogen) atoms. The van der Waals surface area contributed by atoms with Crippen LogP contribution in [-0.2, 0) is 0 Å². The van der Waals surface area contributed by atoms with Gasteiger partial charge in [0.05, 0.1) is 5.56 Å². The third-order valence-corrected chi connectivity index (χ3v) is 11.7. The zero-order valence-corrected chi connectivity index (χ0v) is 30.9. The number of hydrogen-bond acceptors (Lipinski definition) is 5. The molecule has 11 aromatic rings. The van der Waals surface area contributed by atoms with Crippen molar-refractivity contribution in [3.05, 3.63) is 188 Å². The first-order valence-corrected chi connectivity index (χ1v) is 19.5. The Kier molecular flexibility index (Phi) is 7.64. The van der Waals surface area contributed by atoms with Gasteiger partial charge in [-0.05, 0) is 75.8 Å². The molecular formula is C51H31N3OS. The maximum atomic E-state index is 6.78. The summed E-state index contributed by atoms with van der Waals surface area (Å²) in [7, 11) is 0. The van der Waals surface area contributed by atoms with E-state index in [1.54, 1.807) is 0 Å². The van der Waals surface area contributed by atoms with Crippen LogP contribution < -0.4 is 0 Å². The van der Waals surface area contributed by atoms with Gasteiger partial charge in [0, 0.05) is 42.1 Å². The molecule has 0 unspecified atom stereocenters. The Hall–Kier alpha value is -7.21. The molecule has 0 aliphatic carbocycles. The molecule has 0 amide bonds. The van der Waals surface area contributed by atoms with E-state index in [4.69, 9.17) is 19.4 Å². The van der Waals surface area contributed by atoms with Crippen LogP contribution in [0.1, 0.15) is 0 Å².